The highest BCUT2D eigenvalue weighted by Crippen LogP contribution is 2.33. The second-order valence-electron chi connectivity index (χ2n) is 6.64. The molecule has 1 aromatic heterocycles. The number of hydrogen-bond donors (Lipinski definition) is 0. The van der Waals surface area contributed by atoms with Gasteiger partial charge < -0.3 is 4.42 Å². The maximum absolute atomic E-state index is 10.7. The third-order valence-electron chi connectivity index (χ3n) is 4.43. The van der Waals surface area contributed by atoms with Gasteiger partial charge in [0, 0.05) is 18.3 Å². The van der Waals surface area contributed by atoms with Crippen LogP contribution in [0.2, 0.25) is 5.02 Å². The molecular weight excluding hydrogens is 402 g/mol. The van der Waals surface area contributed by atoms with Crippen LogP contribution in [-0.2, 0) is 0 Å². The summed E-state index contributed by atoms with van der Waals surface area (Å²) in [6.07, 6.45) is 5.22. The number of aromatic nitrogens is 1. The molecule has 0 aliphatic carbocycles. The van der Waals surface area contributed by atoms with E-state index in [1.54, 1.807) is 36.6 Å². The fraction of sp³-hybridized carbons (Fsp3) is 0.0435. The lowest BCUT2D eigenvalue weighted by atomic mass is 10.2. The summed E-state index contributed by atoms with van der Waals surface area (Å²) in [5.41, 5.74) is 4.84. The van der Waals surface area contributed by atoms with Crippen molar-refractivity contribution in [1.29, 1.82) is 0 Å². The monoisotopic (exact) mass is 417 g/mol. The number of hydrogen-bond acceptors (Lipinski definition) is 5. The van der Waals surface area contributed by atoms with Crippen molar-refractivity contribution in [2.45, 2.75) is 6.92 Å². The van der Waals surface area contributed by atoms with E-state index in [0.29, 0.717) is 27.7 Å². The molecule has 0 amide bonds. The Bertz CT molecular complexity index is 1290. The Labute approximate surface area is 177 Å². The van der Waals surface area contributed by atoms with E-state index in [1.807, 2.05) is 37.3 Å². The number of rotatable bonds is 5. The zero-order chi connectivity index (χ0) is 21.1. The van der Waals surface area contributed by atoms with Crippen molar-refractivity contribution in [2.24, 2.45) is 4.99 Å². The molecule has 0 bridgehead atoms. The number of aryl methyl sites for hydroxylation is 1. The number of fused-ring (bicyclic) bond motifs is 1. The summed E-state index contributed by atoms with van der Waals surface area (Å²) in [6, 6.07) is 17.5. The quantitative estimate of drug-likeness (QED) is 0.203. The molecule has 0 atom stereocenters. The van der Waals surface area contributed by atoms with Crippen LogP contribution in [0, 0.1) is 17.0 Å². The van der Waals surface area contributed by atoms with E-state index in [9.17, 15) is 10.1 Å². The Morgan fingerprint density at radius 2 is 1.90 bits per heavy atom. The molecule has 3 aromatic carbocycles. The van der Waals surface area contributed by atoms with Gasteiger partial charge in [-0.05, 0) is 66.6 Å². The Hall–Kier alpha value is -3.77. The van der Waals surface area contributed by atoms with E-state index < -0.39 is 4.92 Å². The summed E-state index contributed by atoms with van der Waals surface area (Å²) in [7, 11) is 0. The highest BCUT2D eigenvalue weighted by atomic mass is 35.5. The van der Waals surface area contributed by atoms with E-state index in [-0.39, 0.29) is 5.69 Å². The molecule has 0 spiro atoms. The molecule has 148 valence electrons. The fourth-order valence-corrected chi connectivity index (χ4v) is 3.10. The number of halogens is 1. The molecule has 1 heterocycles. The second-order valence-corrected chi connectivity index (χ2v) is 7.05. The van der Waals surface area contributed by atoms with Gasteiger partial charge in [-0.1, -0.05) is 23.7 Å². The molecule has 0 unspecified atom stereocenters. The smallest absolute Gasteiger partial charge is 0.269 e. The first-order chi connectivity index (χ1) is 14.5. The van der Waals surface area contributed by atoms with Gasteiger partial charge in [-0.15, -0.1) is 0 Å². The third kappa shape index (κ3) is 4.29. The molecule has 0 aliphatic rings. The molecular formula is C23H16ClN3O3. The molecule has 0 N–H and O–H groups in total. The second kappa shape index (κ2) is 8.31. The molecule has 4 aromatic rings. The van der Waals surface area contributed by atoms with Gasteiger partial charge in [-0.3, -0.25) is 15.1 Å². The van der Waals surface area contributed by atoms with Crippen molar-refractivity contribution in [1.82, 2.24) is 4.98 Å². The predicted octanol–water partition coefficient (Wildman–Crippen LogP) is 6.78. The molecule has 0 saturated carbocycles. The Balaban J connectivity index is 1.54. The number of nitro groups is 1. The minimum Gasteiger partial charge on any atom is -0.436 e. The largest absolute Gasteiger partial charge is 0.436 e. The third-order valence-corrected chi connectivity index (χ3v) is 4.76. The number of non-ortho nitro benzene ring substituents is 1. The van der Waals surface area contributed by atoms with Gasteiger partial charge in [0.15, 0.2) is 5.58 Å². The number of allylic oxidation sites excluding steroid dienone is 1. The van der Waals surface area contributed by atoms with E-state index in [1.165, 1.54) is 12.1 Å². The van der Waals surface area contributed by atoms with Crippen LogP contribution in [0.3, 0.4) is 0 Å². The van der Waals surface area contributed by atoms with Crippen LogP contribution < -0.4 is 0 Å². The fourth-order valence-electron chi connectivity index (χ4n) is 2.90. The van der Waals surface area contributed by atoms with Crippen LogP contribution in [0.4, 0.5) is 11.4 Å². The van der Waals surface area contributed by atoms with Crippen molar-refractivity contribution in [2.75, 3.05) is 0 Å². The number of aliphatic imine (C=N–C) groups is 1. The van der Waals surface area contributed by atoms with Gasteiger partial charge in [-0.25, -0.2) is 4.98 Å². The van der Waals surface area contributed by atoms with Crippen molar-refractivity contribution < 1.29 is 9.34 Å². The summed E-state index contributed by atoms with van der Waals surface area (Å²) in [4.78, 5) is 19.2. The standard InChI is InChI=1S/C23H16ClN3O3/c1-15-4-11-22-21(13-15)26-23(30-22)19-14-17(7-10-20(19)24)25-12-2-3-16-5-8-18(9-6-16)27(28)29/h2-14H,1H3. The van der Waals surface area contributed by atoms with Crippen LogP contribution in [-0.4, -0.2) is 16.1 Å². The maximum Gasteiger partial charge on any atom is 0.269 e. The number of benzene rings is 3. The number of nitrogens with zero attached hydrogens (tertiary/aromatic N) is 3. The zero-order valence-corrected chi connectivity index (χ0v) is 16.7. The molecule has 7 heteroatoms. The van der Waals surface area contributed by atoms with Crippen LogP contribution in [0.25, 0.3) is 28.6 Å². The van der Waals surface area contributed by atoms with Crippen molar-refractivity contribution in [3.05, 3.63) is 93.0 Å². The lowest BCUT2D eigenvalue weighted by Crippen LogP contribution is -1.86. The zero-order valence-electron chi connectivity index (χ0n) is 15.9. The van der Waals surface area contributed by atoms with E-state index in [4.69, 9.17) is 16.0 Å². The summed E-state index contributed by atoms with van der Waals surface area (Å²) in [5, 5.41) is 11.2. The van der Waals surface area contributed by atoms with Gasteiger partial charge >= 0.3 is 0 Å². The normalized spacial score (nSPS) is 11.7. The van der Waals surface area contributed by atoms with Crippen LogP contribution >= 0.6 is 11.6 Å². The Kier molecular flexibility index (Phi) is 5.41. The molecule has 4 rings (SSSR count). The molecule has 0 aliphatic heterocycles. The topological polar surface area (TPSA) is 81.5 Å². The lowest BCUT2D eigenvalue weighted by Gasteiger charge is -2.01. The molecule has 0 saturated heterocycles. The Morgan fingerprint density at radius 3 is 2.67 bits per heavy atom. The van der Waals surface area contributed by atoms with Gasteiger partial charge in [0.25, 0.3) is 5.69 Å². The van der Waals surface area contributed by atoms with Crippen molar-refractivity contribution in [3.63, 3.8) is 0 Å². The van der Waals surface area contributed by atoms with Crippen LogP contribution in [0.15, 0.2) is 76.1 Å². The predicted molar refractivity (Wildman–Crippen MR) is 119 cm³/mol. The van der Waals surface area contributed by atoms with Gasteiger partial charge in [0.05, 0.1) is 21.2 Å². The summed E-state index contributed by atoms with van der Waals surface area (Å²) in [6.45, 7) is 2.00. The average Bonchev–Trinajstić information content (AvgIpc) is 3.15. The molecule has 30 heavy (non-hydrogen) atoms. The minimum absolute atomic E-state index is 0.0591. The molecule has 0 fully saturated rings. The summed E-state index contributed by atoms with van der Waals surface area (Å²) < 4.78 is 5.85. The maximum atomic E-state index is 10.7. The van der Waals surface area contributed by atoms with Gasteiger partial charge in [0.2, 0.25) is 5.89 Å². The molecule has 0 radical (unpaired) electrons. The summed E-state index contributed by atoms with van der Waals surface area (Å²) >= 11 is 6.35. The first kappa shape index (κ1) is 19.5. The Morgan fingerprint density at radius 1 is 1.10 bits per heavy atom. The van der Waals surface area contributed by atoms with Crippen molar-refractivity contribution >= 4 is 46.4 Å². The van der Waals surface area contributed by atoms with E-state index in [2.05, 4.69) is 9.98 Å². The van der Waals surface area contributed by atoms with Gasteiger partial charge in [0.1, 0.15) is 5.52 Å². The van der Waals surface area contributed by atoms with Crippen molar-refractivity contribution in [3.8, 4) is 11.5 Å². The van der Waals surface area contributed by atoms with Crippen LogP contribution in [0.5, 0.6) is 0 Å². The SMILES string of the molecule is Cc1ccc2oc(-c3cc(N=CC=Cc4ccc([N+](=O)[O-])cc4)ccc3Cl)nc2c1. The first-order valence-electron chi connectivity index (χ1n) is 9.12. The highest BCUT2D eigenvalue weighted by molar-refractivity contribution is 6.33. The first-order valence-corrected chi connectivity index (χ1v) is 9.50. The van der Waals surface area contributed by atoms with E-state index >= 15 is 0 Å². The lowest BCUT2D eigenvalue weighted by molar-refractivity contribution is -0.384. The molecule has 6 nitrogen and oxygen atoms in total. The van der Waals surface area contributed by atoms with E-state index in [0.717, 1.165) is 16.6 Å². The number of nitro benzene ring substituents is 1. The average molecular weight is 418 g/mol. The van der Waals surface area contributed by atoms with Crippen LogP contribution in [0.1, 0.15) is 11.1 Å². The highest BCUT2D eigenvalue weighted by Gasteiger charge is 2.12. The number of oxazole rings is 1. The van der Waals surface area contributed by atoms with Gasteiger partial charge in [-0.2, -0.15) is 0 Å². The summed E-state index contributed by atoms with van der Waals surface area (Å²) in [5.74, 6) is 0.444. The minimum atomic E-state index is -0.425.